The average molecular weight is 432 g/mol. The highest BCUT2D eigenvalue weighted by Crippen LogP contribution is 2.30. The van der Waals surface area contributed by atoms with Crippen molar-refractivity contribution >= 4 is 15.6 Å². The molecule has 2 aromatic heterocycles. The number of Topliss-reactive ketones (excluding diaryl/α,β-unsaturated/α-hetero) is 1. The van der Waals surface area contributed by atoms with Gasteiger partial charge in [0.15, 0.2) is 9.84 Å². The van der Waals surface area contributed by atoms with Gasteiger partial charge in [0.05, 0.1) is 22.3 Å². The summed E-state index contributed by atoms with van der Waals surface area (Å²) in [6.45, 7) is 0. The van der Waals surface area contributed by atoms with Crippen LogP contribution >= 0.6 is 0 Å². The monoisotopic (exact) mass is 431 g/mol. The minimum absolute atomic E-state index is 0.00981. The Morgan fingerprint density at radius 1 is 1.00 bits per heavy atom. The second-order valence-electron chi connectivity index (χ2n) is 7.79. The lowest BCUT2D eigenvalue weighted by atomic mass is 10.0. The van der Waals surface area contributed by atoms with E-state index in [1.807, 2.05) is 24.3 Å². The van der Waals surface area contributed by atoms with Gasteiger partial charge in [-0.1, -0.05) is 30.3 Å². The van der Waals surface area contributed by atoms with Gasteiger partial charge in [0.1, 0.15) is 11.9 Å². The lowest BCUT2D eigenvalue weighted by Crippen LogP contribution is -2.13. The molecule has 0 N–H and O–H groups in total. The number of ketones is 1. The van der Waals surface area contributed by atoms with E-state index in [1.165, 1.54) is 6.20 Å². The summed E-state index contributed by atoms with van der Waals surface area (Å²) in [6.07, 6.45) is 5.11. The minimum Gasteiger partial charge on any atom is -0.299 e. The van der Waals surface area contributed by atoms with Crippen LogP contribution in [-0.2, 0) is 33.2 Å². The number of nitrogens with zero attached hydrogens (tertiary/aromatic N) is 3. The molecular weight excluding hydrogens is 410 g/mol. The number of aromatic nitrogens is 2. The zero-order chi connectivity index (χ0) is 21.8. The lowest BCUT2D eigenvalue weighted by Gasteiger charge is -2.06. The van der Waals surface area contributed by atoms with Gasteiger partial charge in [-0.3, -0.25) is 14.8 Å². The molecule has 6 nitrogen and oxygen atoms in total. The number of carbonyl (C=O) groups is 1. The Balaban J connectivity index is 1.38. The molecule has 0 atom stereocenters. The zero-order valence-corrected chi connectivity index (χ0v) is 17.7. The van der Waals surface area contributed by atoms with Gasteiger partial charge >= 0.3 is 0 Å². The maximum absolute atomic E-state index is 12.5. The predicted molar refractivity (Wildman–Crippen MR) is 117 cm³/mol. The highest BCUT2D eigenvalue weighted by molar-refractivity contribution is 7.91. The molecule has 0 spiro atoms. The third-order valence-corrected chi connectivity index (χ3v) is 7.37. The number of sulfone groups is 1. The van der Waals surface area contributed by atoms with E-state index in [9.17, 15) is 13.2 Å². The molecule has 0 saturated heterocycles. The molecule has 1 fully saturated rings. The molecule has 0 radical (unpaired) electrons. The summed E-state index contributed by atoms with van der Waals surface area (Å²) in [5.41, 5.74) is 4.23. The first-order chi connectivity index (χ1) is 14.9. The molecule has 156 valence electrons. The first-order valence-corrected chi connectivity index (χ1v) is 11.8. The molecular formula is C24H21N3O3S. The molecule has 2 heterocycles. The van der Waals surface area contributed by atoms with Crippen molar-refractivity contribution in [2.24, 2.45) is 0 Å². The highest BCUT2D eigenvalue weighted by atomic mass is 32.2. The van der Waals surface area contributed by atoms with Crippen LogP contribution in [0.25, 0.3) is 11.1 Å². The van der Waals surface area contributed by atoms with Gasteiger partial charge in [0, 0.05) is 36.5 Å². The fourth-order valence-corrected chi connectivity index (χ4v) is 5.09. The van der Waals surface area contributed by atoms with Crippen molar-refractivity contribution in [3.8, 4) is 17.2 Å². The molecule has 0 amide bonds. The maximum atomic E-state index is 12.5. The van der Waals surface area contributed by atoms with Crippen molar-refractivity contribution in [3.63, 3.8) is 0 Å². The van der Waals surface area contributed by atoms with E-state index in [2.05, 4.69) is 16.0 Å². The van der Waals surface area contributed by atoms with Crippen molar-refractivity contribution in [1.29, 1.82) is 5.26 Å². The van der Waals surface area contributed by atoms with Crippen LogP contribution in [0.1, 0.15) is 35.4 Å². The number of pyridine rings is 2. The number of hydrogen-bond acceptors (Lipinski definition) is 6. The number of rotatable bonds is 8. The molecule has 1 saturated carbocycles. The summed E-state index contributed by atoms with van der Waals surface area (Å²) in [6, 6.07) is 16.6. The van der Waals surface area contributed by atoms with E-state index in [-0.39, 0.29) is 29.6 Å². The quantitative estimate of drug-likeness (QED) is 0.541. The molecule has 7 heteroatoms. The average Bonchev–Trinajstić information content (AvgIpc) is 3.60. The lowest BCUT2D eigenvalue weighted by molar-refractivity contribution is -0.117. The Kier molecular flexibility index (Phi) is 5.92. The molecule has 1 aromatic carbocycles. The number of nitriles is 1. The Morgan fingerprint density at radius 3 is 2.45 bits per heavy atom. The number of carbonyl (C=O) groups excluding carboxylic acids is 1. The summed E-state index contributed by atoms with van der Waals surface area (Å²) in [7, 11) is -3.14. The van der Waals surface area contributed by atoms with E-state index in [1.54, 1.807) is 30.5 Å². The SMILES string of the molecule is N#Cc1cncc(-c2ccc(CC(=O)Cc3cccc(CS(=O)(=O)C4CC4)n3)cc2)c1. The second-order valence-corrected chi connectivity index (χ2v) is 10.1. The molecule has 3 aromatic rings. The summed E-state index contributed by atoms with van der Waals surface area (Å²) in [5.74, 6) is -0.0566. The van der Waals surface area contributed by atoms with Crippen molar-refractivity contribution in [2.75, 3.05) is 0 Å². The van der Waals surface area contributed by atoms with Gasteiger partial charge in [-0.25, -0.2) is 8.42 Å². The molecule has 1 aliphatic carbocycles. The van der Waals surface area contributed by atoms with Crippen molar-refractivity contribution < 1.29 is 13.2 Å². The summed E-state index contributed by atoms with van der Waals surface area (Å²) >= 11 is 0. The third-order valence-electron chi connectivity index (χ3n) is 5.18. The van der Waals surface area contributed by atoms with E-state index in [0.717, 1.165) is 29.5 Å². The molecule has 1 aliphatic rings. The fourth-order valence-electron chi connectivity index (χ4n) is 3.43. The van der Waals surface area contributed by atoms with Crippen LogP contribution in [0.3, 0.4) is 0 Å². The van der Waals surface area contributed by atoms with Crippen LogP contribution in [0.2, 0.25) is 0 Å². The van der Waals surface area contributed by atoms with Gasteiger partial charge in [-0.05, 0) is 42.2 Å². The number of hydrogen-bond donors (Lipinski definition) is 0. The normalized spacial score (nSPS) is 13.5. The second kappa shape index (κ2) is 8.78. The van der Waals surface area contributed by atoms with Crippen LogP contribution in [0.4, 0.5) is 0 Å². The van der Waals surface area contributed by atoms with Gasteiger partial charge in [-0.15, -0.1) is 0 Å². The van der Waals surface area contributed by atoms with Crippen LogP contribution in [0, 0.1) is 11.3 Å². The van der Waals surface area contributed by atoms with Crippen LogP contribution in [0.15, 0.2) is 60.9 Å². The van der Waals surface area contributed by atoms with E-state index >= 15 is 0 Å². The van der Waals surface area contributed by atoms with Gasteiger partial charge in [-0.2, -0.15) is 5.26 Å². The Bertz CT molecular complexity index is 1260. The van der Waals surface area contributed by atoms with Crippen LogP contribution in [0.5, 0.6) is 0 Å². The smallest absolute Gasteiger partial charge is 0.158 e. The molecule has 0 unspecified atom stereocenters. The summed E-state index contributed by atoms with van der Waals surface area (Å²) < 4.78 is 24.4. The maximum Gasteiger partial charge on any atom is 0.158 e. The Hall–Kier alpha value is -3.37. The topological polar surface area (TPSA) is 101 Å². The first-order valence-electron chi connectivity index (χ1n) is 10.1. The standard InChI is InChI=1S/C24H21N3O3S/c25-13-18-10-20(15-26-14-18)19-6-4-17(5-7-19)11-23(28)12-21-2-1-3-22(27-21)16-31(29,30)24-8-9-24/h1-7,10,14-15,24H,8-9,11-12,16H2. The van der Waals surface area contributed by atoms with E-state index < -0.39 is 9.84 Å². The highest BCUT2D eigenvalue weighted by Gasteiger charge is 2.35. The zero-order valence-electron chi connectivity index (χ0n) is 16.9. The summed E-state index contributed by atoms with van der Waals surface area (Å²) in [4.78, 5) is 21.0. The van der Waals surface area contributed by atoms with Gasteiger partial charge in [0.2, 0.25) is 0 Å². The number of benzene rings is 1. The molecule has 4 rings (SSSR count). The fraction of sp³-hybridized carbons (Fsp3) is 0.250. The van der Waals surface area contributed by atoms with Crippen molar-refractivity contribution in [3.05, 3.63) is 83.4 Å². The first kappa shape index (κ1) is 20.9. The summed E-state index contributed by atoms with van der Waals surface area (Å²) in [5, 5.41) is 8.79. The molecule has 0 bridgehead atoms. The van der Waals surface area contributed by atoms with Gasteiger partial charge in [0.25, 0.3) is 0 Å². The molecule has 0 aliphatic heterocycles. The van der Waals surface area contributed by atoms with E-state index in [4.69, 9.17) is 5.26 Å². The van der Waals surface area contributed by atoms with Gasteiger partial charge < -0.3 is 0 Å². The van der Waals surface area contributed by atoms with E-state index in [0.29, 0.717) is 17.0 Å². The minimum atomic E-state index is -3.14. The Morgan fingerprint density at radius 2 is 1.74 bits per heavy atom. The van der Waals surface area contributed by atoms with Crippen LogP contribution < -0.4 is 0 Å². The largest absolute Gasteiger partial charge is 0.299 e. The third kappa shape index (κ3) is 5.41. The van der Waals surface area contributed by atoms with Crippen LogP contribution in [-0.4, -0.2) is 29.4 Å². The molecule has 31 heavy (non-hydrogen) atoms. The predicted octanol–water partition coefficient (Wildman–Crippen LogP) is 3.45. The van der Waals surface area contributed by atoms with Crippen molar-refractivity contribution in [1.82, 2.24) is 9.97 Å². The Labute approximate surface area is 181 Å². The van der Waals surface area contributed by atoms with Crippen molar-refractivity contribution in [2.45, 2.75) is 36.7 Å².